The van der Waals surface area contributed by atoms with Crippen molar-refractivity contribution in [2.75, 3.05) is 0 Å². The number of pyridine rings is 1. The summed E-state index contributed by atoms with van der Waals surface area (Å²) in [4.78, 5) is 17.1. The molecule has 2 aromatic heterocycles. The summed E-state index contributed by atoms with van der Waals surface area (Å²) in [6.07, 6.45) is 3.53. The number of thiophene rings is 1. The maximum Gasteiger partial charge on any atom is 0.325 e. The van der Waals surface area contributed by atoms with E-state index in [2.05, 4.69) is 9.71 Å². The zero-order valence-corrected chi connectivity index (χ0v) is 21.2. The average Bonchev–Trinajstić information content (AvgIpc) is 3.37. The second kappa shape index (κ2) is 9.67. The van der Waals surface area contributed by atoms with E-state index in [1.165, 1.54) is 6.07 Å². The number of carbonyl (C=O) groups is 1. The number of rotatable bonds is 9. The molecular weight excluding hydrogens is 520 g/mol. The van der Waals surface area contributed by atoms with Crippen LogP contribution in [0.3, 0.4) is 0 Å². The normalized spacial score (nSPS) is 19.1. The van der Waals surface area contributed by atoms with Gasteiger partial charge in [0.15, 0.2) is 0 Å². The second-order valence-corrected chi connectivity index (χ2v) is 11.9. The molecule has 0 unspecified atom stereocenters. The average molecular weight is 541 g/mol. The number of aliphatic carboxylic acids is 1. The Bertz CT molecular complexity index is 1510. The molecule has 0 aliphatic heterocycles. The maximum atomic E-state index is 13.2. The largest absolute Gasteiger partial charge is 0.489 e. The van der Waals surface area contributed by atoms with Crippen molar-refractivity contribution < 1.29 is 23.1 Å². The Hall–Kier alpha value is -3.24. The van der Waals surface area contributed by atoms with Crippen molar-refractivity contribution in [1.82, 2.24) is 9.71 Å². The van der Waals surface area contributed by atoms with E-state index in [4.69, 9.17) is 16.3 Å². The molecular formula is C26H21ClN2O5S2. The molecule has 1 saturated carbocycles. The summed E-state index contributed by atoms with van der Waals surface area (Å²) in [6, 6.07) is 21.0. The van der Waals surface area contributed by atoms with Gasteiger partial charge in [0.1, 0.15) is 22.1 Å². The van der Waals surface area contributed by atoms with Gasteiger partial charge >= 0.3 is 5.97 Å². The zero-order chi connectivity index (χ0) is 25.3. The van der Waals surface area contributed by atoms with E-state index in [-0.39, 0.29) is 10.6 Å². The van der Waals surface area contributed by atoms with E-state index >= 15 is 0 Å². The first-order valence-corrected chi connectivity index (χ1v) is 13.7. The first kappa shape index (κ1) is 24.5. The number of hydrogen-bond acceptors (Lipinski definition) is 6. The van der Waals surface area contributed by atoms with Crippen molar-refractivity contribution in [2.45, 2.75) is 28.7 Å². The van der Waals surface area contributed by atoms with Crippen LogP contribution in [0.5, 0.6) is 5.75 Å². The molecule has 0 amide bonds. The monoisotopic (exact) mass is 540 g/mol. The zero-order valence-electron chi connectivity index (χ0n) is 18.8. The minimum atomic E-state index is -4.07. The van der Waals surface area contributed by atoms with Gasteiger partial charge in [-0.25, -0.2) is 8.42 Å². The topological polar surface area (TPSA) is 106 Å². The van der Waals surface area contributed by atoms with Crippen LogP contribution >= 0.6 is 22.9 Å². The molecule has 10 heteroatoms. The van der Waals surface area contributed by atoms with Gasteiger partial charge in [0.2, 0.25) is 0 Å². The predicted molar refractivity (Wildman–Crippen MR) is 138 cm³/mol. The van der Waals surface area contributed by atoms with E-state index in [0.29, 0.717) is 22.9 Å². The number of nitrogens with zero attached hydrogens (tertiary/aromatic N) is 1. The molecule has 5 rings (SSSR count). The van der Waals surface area contributed by atoms with Gasteiger partial charge in [-0.3, -0.25) is 9.78 Å². The van der Waals surface area contributed by atoms with Crippen LogP contribution < -0.4 is 9.46 Å². The Balaban J connectivity index is 1.33. The van der Waals surface area contributed by atoms with Crippen LogP contribution in [0.2, 0.25) is 5.02 Å². The van der Waals surface area contributed by atoms with Gasteiger partial charge in [-0.05, 0) is 60.0 Å². The molecule has 0 bridgehead atoms. The Morgan fingerprint density at radius 2 is 1.94 bits per heavy atom. The van der Waals surface area contributed by atoms with Crippen molar-refractivity contribution in [3.8, 4) is 16.2 Å². The molecule has 184 valence electrons. The fourth-order valence-electron chi connectivity index (χ4n) is 4.05. The Morgan fingerprint density at radius 1 is 1.14 bits per heavy atom. The third-order valence-electron chi connectivity index (χ3n) is 6.02. The lowest BCUT2D eigenvalue weighted by Crippen LogP contribution is -2.44. The highest BCUT2D eigenvalue weighted by atomic mass is 35.5. The van der Waals surface area contributed by atoms with Crippen LogP contribution in [-0.4, -0.2) is 30.0 Å². The number of hydrogen-bond donors (Lipinski definition) is 2. The van der Waals surface area contributed by atoms with E-state index in [0.717, 1.165) is 27.3 Å². The SMILES string of the molecule is O=C(O)[C@@]1(NS(=O)(=O)c2ccc(-c3ccc(Cl)cc3)s2)C[C@H]1c1cccc(OCc2cccnc2)c1. The van der Waals surface area contributed by atoms with E-state index < -0.39 is 27.4 Å². The minimum Gasteiger partial charge on any atom is -0.489 e. The van der Waals surface area contributed by atoms with Crippen LogP contribution in [0.25, 0.3) is 10.4 Å². The second-order valence-electron chi connectivity index (χ2n) is 8.49. The van der Waals surface area contributed by atoms with Gasteiger partial charge in [0.25, 0.3) is 10.0 Å². The standard InChI is InChI=1S/C26H21ClN2O5S2/c27-20-8-6-18(7-9-20)23-10-11-24(35-23)36(32,33)29-26(25(30)31)14-22(26)19-4-1-5-21(13-19)34-16-17-3-2-12-28-15-17/h1-13,15,22,29H,14,16H2,(H,30,31)/t22-,26+/m0/s1. The number of sulfonamides is 1. The van der Waals surface area contributed by atoms with Gasteiger partial charge in [0.05, 0.1) is 0 Å². The summed E-state index contributed by atoms with van der Waals surface area (Å²) in [5, 5.41) is 10.6. The Labute approximate surface area is 217 Å². The molecule has 0 saturated heterocycles. The molecule has 1 fully saturated rings. The highest BCUT2D eigenvalue weighted by Crippen LogP contribution is 2.53. The molecule has 36 heavy (non-hydrogen) atoms. The Kier molecular flexibility index (Phi) is 6.57. The van der Waals surface area contributed by atoms with Crippen LogP contribution in [0, 0.1) is 0 Å². The summed E-state index contributed by atoms with van der Waals surface area (Å²) in [6.45, 7) is 0.312. The van der Waals surface area contributed by atoms with Crippen molar-refractivity contribution in [1.29, 1.82) is 0 Å². The van der Waals surface area contributed by atoms with E-state index in [1.807, 2.05) is 12.1 Å². The van der Waals surface area contributed by atoms with Crippen molar-refractivity contribution >= 4 is 38.9 Å². The third kappa shape index (κ3) is 5.01. The third-order valence-corrected chi connectivity index (χ3v) is 9.41. The molecule has 2 heterocycles. The van der Waals surface area contributed by atoms with Crippen LogP contribution in [0.4, 0.5) is 0 Å². The first-order chi connectivity index (χ1) is 17.3. The number of carboxylic acids is 1. The number of ether oxygens (including phenoxy) is 1. The molecule has 4 aromatic rings. The fraction of sp³-hybridized carbons (Fsp3) is 0.154. The lowest BCUT2D eigenvalue weighted by molar-refractivity contribution is -0.140. The van der Waals surface area contributed by atoms with Crippen LogP contribution in [0.15, 0.2) is 89.4 Å². The summed E-state index contributed by atoms with van der Waals surface area (Å²) >= 11 is 7.01. The number of halogens is 1. The van der Waals surface area contributed by atoms with Crippen LogP contribution in [-0.2, 0) is 21.4 Å². The summed E-state index contributed by atoms with van der Waals surface area (Å²) in [5.74, 6) is -1.18. The Morgan fingerprint density at radius 3 is 2.67 bits per heavy atom. The van der Waals surface area contributed by atoms with Crippen molar-refractivity contribution in [3.63, 3.8) is 0 Å². The van der Waals surface area contributed by atoms with Gasteiger partial charge in [-0.15, -0.1) is 11.3 Å². The number of aromatic nitrogens is 1. The predicted octanol–water partition coefficient (Wildman–Crippen LogP) is 5.33. The van der Waals surface area contributed by atoms with Crippen LogP contribution in [0.1, 0.15) is 23.5 Å². The van der Waals surface area contributed by atoms with Gasteiger partial charge in [0, 0.05) is 33.8 Å². The highest BCUT2D eigenvalue weighted by molar-refractivity contribution is 7.91. The quantitative estimate of drug-likeness (QED) is 0.297. The smallest absolute Gasteiger partial charge is 0.325 e. The lowest BCUT2D eigenvalue weighted by atomic mass is 10.1. The maximum absolute atomic E-state index is 13.2. The minimum absolute atomic E-state index is 0.0484. The molecule has 1 aliphatic carbocycles. The molecule has 2 N–H and O–H groups in total. The molecule has 1 aliphatic rings. The summed E-state index contributed by atoms with van der Waals surface area (Å²) in [5.41, 5.74) is 0.796. The van der Waals surface area contributed by atoms with Gasteiger partial charge in [-0.2, -0.15) is 4.72 Å². The summed E-state index contributed by atoms with van der Waals surface area (Å²) < 4.78 is 34.7. The highest BCUT2D eigenvalue weighted by Gasteiger charge is 2.63. The molecule has 2 atom stereocenters. The molecule has 0 spiro atoms. The fourth-order valence-corrected chi connectivity index (χ4v) is 6.90. The van der Waals surface area contributed by atoms with Crippen molar-refractivity contribution in [3.05, 3.63) is 101 Å². The number of carboxylic acid groups (broad SMARTS) is 1. The summed E-state index contributed by atoms with van der Waals surface area (Å²) in [7, 11) is -4.07. The molecule has 2 aromatic carbocycles. The first-order valence-electron chi connectivity index (χ1n) is 11.0. The number of benzene rings is 2. The van der Waals surface area contributed by atoms with Gasteiger partial charge < -0.3 is 9.84 Å². The molecule has 7 nitrogen and oxygen atoms in total. The van der Waals surface area contributed by atoms with Crippen molar-refractivity contribution in [2.24, 2.45) is 0 Å². The van der Waals surface area contributed by atoms with Gasteiger partial charge in [-0.1, -0.05) is 41.9 Å². The van der Waals surface area contributed by atoms with E-state index in [1.54, 1.807) is 67.0 Å². The molecule has 0 radical (unpaired) electrons. The lowest BCUT2D eigenvalue weighted by Gasteiger charge is -2.15. The number of nitrogens with one attached hydrogen (secondary N) is 1. The van der Waals surface area contributed by atoms with E-state index in [9.17, 15) is 18.3 Å².